The van der Waals surface area contributed by atoms with E-state index in [1.54, 1.807) is 19.1 Å². The molecule has 0 saturated heterocycles. The highest BCUT2D eigenvalue weighted by Crippen LogP contribution is 2.28. The number of aromatic nitrogens is 3. The van der Waals surface area contributed by atoms with Gasteiger partial charge in [-0.1, -0.05) is 6.07 Å². The number of hydrogen-bond acceptors (Lipinski definition) is 5. The van der Waals surface area contributed by atoms with E-state index in [-0.39, 0.29) is 17.1 Å². The fraction of sp³-hybridized carbons (Fsp3) is 0.333. The molecular weight excluding hydrogens is 278 g/mol. The summed E-state index contributed by atoms with van der Waals surface area (Å²) < 4.78 is 26.5. The molecule has 1 heterocycles. The number of benzene rings is 1. The highest BCUT2D eigenvalue weighted by atomic mass is 32.2. The Kier molecular flexibility index (Phi) is 3.78. The van der Waals surface area contributed by atoms with Gasteiger partial charge in [0.15, 0.2) is 0 Å². The van der Waals surface area contributed by atoms with Crippen molar-refractivity contribution >= 4 is 15.7 Å². The van der Waals surface area contributed by atoms with E-state index in [0.717, 1.165) is 5.56 Å². The Labute approximate surface area is 117 Å². The molecule has 0 spiro atoms. The third kappa shape index (κ3) is 2.52. The van der Waals surface area contributed by atoms with Crippen LogP contribution in [0.2, 0.25) is 0 Å². The van der Waals surface area contributed by atoms with Crippen LogP contribution in [0.5, 0.6) is 0 Å². The molecule has 0 aliphatic carbocycles. The summed E-state index contributed by atoms with van der Waals surface area (Å²) in [5.41, 5.74) is 7.64. The maximum absolute atomic E-state index is 12.6. The Bertz CT molecular complexity index is 710. The average Bonchev–Trinajstić information content (AvgIpc) is 2.87. The molecule has 7 nitrogen and oxygen atoms in total. The van der Waals surface area contributed by atoms with Gasteiger partial charge in [-0.25, -0.2) is 13.4 Å². The van der Waals surface area contributed by atoms with Gasteiger partial charge >= 0.3 is 0 Å². The van der Waals surface area contributed by atoms with Crippen molar-refractivity contribution in [3.63, 3.8) is 0 Å². The Morgan fingerprint density at radius 1 is 1.35 bits per heavy atom. The predicted molar refractivity (Wildman–Crippen MR) is 75.4 cm³/mol. The minimum atomic E-state index is -3.68. The molecule has 0 atom stereocenters. The SMILES string of the molecule is Cc1ccc(N)c(S(=O)(=O)N(C)Cc2ncn[nH]2)c1C. The molecule has 3 N–H and O–H groups in total. The zero-order chi connectivity index (χ0) is 14.9. The fourth-order valence-electron chi connectivity index (χ4n) is 1.91. The fourth-order valence-corrected chi connectivity index (χ4v) is 3.43. The number of sulfonamides is 1. The molecule has 0 aliphatic rings. The van der Waals surface area contributed by atoms with E-state index in [2.05, 4.69) is 15.2 Å². The minimum absolute atomic E-state index is 0.106. The lowest BCUT2D eigenvalue weighted by molar-refractivity contribution is 0.457. The molecule has 0 unspecified atom stereocenters. The van der Waals surface area contributed by atoms with Crippen LogP contribution in [0.4, 0.5) is 5.69 Å². The second kappa shape index (κ2) is 5.22. The summed E-state index contributed by atoms with van der Waals surface area (Å²) in [6, 6.07) is 3.41. The Morgan fingerprint density at radius 3 is 2.65 bits per heavy atom. The first-order valence-electron chi connectivity index (χ1n) is 6.00. The van der Waals surface area contributed by atoms with Crippen LogP contribution in [0, 0.1) is 13.8 Å². The first kappa shape index (κ1) is 14.5. The van der Waals surface area contributed by atoms with Gasteiger partial charge in [-0.3, -0.25) is 5.10 Å². The van der Waals surface area contributed by atoms with Gasteiger partial charge in [0.1, 0.15) is 17.0 Å². The maximum Gasteiger partial charge on any atom is 0.245 e. The molecule has 8 heteroatoms. The van der Waals surface area contributed by atoms with Crippen LogP contribution >= 0.6 is 0 Å². The smallest absolute Gasteiger partial charge is 0.245 e. The number of nitrogen functional groups attached to an aromatic ring is 1. The quantitative estimate of drug-likeness (QED) is 0.813. The van der Waals surface area contributed by atoms with Gasteiger partial charge in [0.2, 0.25) is 10.0 Å². The van der Waals surface area contributed by atoms with E-state index < -0.39 is 10.0 Å². The lowest BCUT2D eigenvalue weighted by Gasteiger charge is -2.19. The molecule has 0 saturated carbocycles. The second-order valence-corrected chi connectivity index (χ2v) is 6.60. The molecule has 1 aromatic heterocycles. The Morgan fingerprint density at radius 2 is 2.05 bits per heavy atom. The van der Waals surface area contributed by atoms with E-state index in [1.165, 1.54) is 17.7 Å². The van der Waals surface area contributed by atoms with Crippen molar-refractivity contribution in [2.24, 2.45) is 0 Å². The van der Waals surface area contributed by atoms with Gasteiger partial charge < -0.3 is 5.73 Å². The van der Waals surface area contributed by atoms with E-state index in [0.29, 0.717) is 11.4 Å². The molecule has 0 fully saturated rings. The minimum Gasteiger partial charge on any atom is -0.398 e. The monoisotopic (exact) mass is 295 g/mol. The van der Waals surface area contributed by atoms with Crippen molar-refractivity contribution in [3.05, 3.63) is 35.4 Å². The molecule has 2 aromatic rings. The lowest BCUT2D eigenvalue weighted by atomic mass is 10.1. The van der Waals surface area contributed by atoms with Crippen LogP contribution in [0.1, 0.15) is 17.0 Å². The number of rotatable bonds is 4. The van der Waals surface area contributed by atoms with Crippen LogP contribution in [0.25, 0.3) is 0 Å². The molecule has 1 aromatic carbocycles. The summed E-state index contributed by atoms with van der Waals surface area (Å²) >= 11 is 0. The summed E-state index contributed by atoms with van der Waals surface area (Å²) in [7, 11) is -2.19. The Hall–Kier alpha value is -1.93. The highest BCUT2D eigenvalue weighted by molar-refractivity contribution is 7.89. The van der Waals surface area contributed by atoms with Gasteiger partial charge in [0.25, 0.3) is 0 Å². The summed E-state index contributed by atoms with van der Waals surface area (Å²) in [4.78, 5) is 4.07. The number of hydrogen-bond donors (Lipinski definition) is 2. The van der Waals surface area contributed by atoms with Crippen LogP contribution in [0.3, 0.4) is 0 Å². The number of nitrogens with one attached hydrogen (secondary N) is 1. The number of nitrogens with zero attached hydrogens (tertiary/aromatic N) is 3. The third-order valence-electron chi connectivity index (χ3n) is 3.21. The third-order valence-corrected chi connectivity index (χ3v) is 5.22. The predicted octanol–water partition coefficient (Wildman–Crippen LogP) is 0.824. The molecular formula is C12H17N5O2S. The van der Waals surface area contributed by atoms with E-state index in [9.17, 15) is 8.42 Å². The summed E-state index contributed by atoms with van der Waals surface area (Å²) in [6.45, 7) is 3.71. The standard InChI is InChI=1S/C12H17N5O2S/c1-8-4-5-10(13)12(9(8)2)20(18,19)17(3)6-11-14-7-15-16-11/h4-5,7H,6,13H2,1-3H3,(H,14,15,16). The van der Waals surface area contributed by atoms with Crippen LogP contribution in [-0.2, 0) is 16.6 Å². The maximum atomic E-state index is 12.6. The molecule has 0 bridgehead atoms. The number of aryl methyl sites for hydroxylation is 1. The zero-order valence-electron chi connectivity index (χ0n) is 11.6. The number of aromatic amines is 1. The molecule has 108 valence electrons. The van der Waals surface area contributed by atoms with E-state index in [4.69, 9.17) is 5.73 Å². The lowest BCUT2D eigenvalue weighted by Crippen LogP contribution is -2.28. The second-order valence-electron chi connectivity index (χ2n) is 4.62. The topological polar surface area (TPSA) is 105 Å². The van der Waals surface area contributed by atoms with Gasteiger partial charge in [-0.05, 0) is 31.0 Å². The van der Waals surface area contributed by atoms with E-state index >= 15 is 0 Å². The number of anilines is 1. The van der Waals surface area contributed by atoms with Gasteiger partial charge in [-0.15, -0.1) is 0 Å². The molecule has 0 amide bonds. The first-order valence-corrected chi connectivity index (χ1v) is 7.44. The van der Waals surface area contributed by atoms with Gasteiger partial charge in [0.05, 0.1) is 12.2 Å². The number of H-pyrrole nitrogens is 1. The summed E-state index contributed by atoms with van der Waals surface area (Å²) in [5.74, 6) is 0.472. The molecule has 0 radical (unpaired) electrons. The number of nitrogens with two attached hydrogens (primary N) is 1. The van der Waals surface area contributed by atoms with E-state index in [1.807, 2.05) is 6.92 Å². The molecule has 2 rings (SSSR count). The average molecular weight is 295 g/mol. The van der Waals surface area contributed by atoms with Crippen molar-refractivity contribution in [3.8, 4) is 0 Å². The van der Waals surface area contributed by atoms with Gasteiger partial charge in [-0.2, -0.15) is 9.40 Å². The normalized spacial score (nSPS) is 12.0. The van der Waals surface area contributed by atoms with Crippen molar-refractivity contribution in [2.75, 3.05) is 12.8 Å². The van der Waals surface area contributed by atoms with Crippen LogP contribution < -0.4 is 5.73 Å². The summed E-state index contributed by atoms with van der Waals surface area (Å²) in [6.07, 6.45) is 1.34. The van der Waals surface area contributed by atoms with Crippen LogP contribution in [-0.4, -0.2) is 35.0 Å². The van der Waals surface area contributed by atoms with Crippen molar-refractivity contribution in [2.45, 2.75) is 25.3 Å². The van der Waals surface area contributed by atoms with Gasteiger partial charge in [0, 0.05) is 7.05 Å². The summed E-state index contributed by atoms with van der Waals surface area (Å²) in [5, 5.41) is 6.33. The Balaban J connectivity index is 2.42. The van der Waals surface area contributed by atoms with Crippen molar-refractivity contribution < 1.29 is 8.42 Å². The highest BCUT2D eigenvalue weighted by Gasteiger charge is 2.26. The molecule has 20 heavy (non-hydrogen) atoms. The first-order chi connectivity index (χ1) is 9.34. The largest absolute Gasteiger partial charge is 0.398 e. The van der Waals surface area contributed by atoms with Crippen LogP contribution in [0.15, 0.2) is 23.4 Å². The molecule has 0 aliphatic heterocycles. The zero-order valence-corrected chi connectivity index (χ0v) is 12.4. The van der Waals surface area contributed by atoms with Crippen molar-refractivity contribution in [1.82, 2.24) is 19.5 Å². The van der Waals surface area contributed by atoms with Crippen molar-refractivity contribution in [1.29, 1.82) is 0 Å².